The van der Waals surface area contributed by atoms with Crippen LogP contribution in [0, 0.1) is 0 Å². The first-order chi connectivity index (χ1) is 61.0. The van der Waals surface area contributed by atoms with Gasteiger partial charge in [0.15, 0.2) is 23.3 Å². The summed E-state index contributed by atoms with van der Waals surface area (Å²) in [5.41, 5.74) is 4.54. The first kappa shape index (κ1) is 89.9. The van der Waals surface area contributed by atoms with Crippen LogP contribution in [-0.2, 0) is 0 Å². The van der Waals surface area contributed by atoms with Crippen LogP contribution in [0.5, 0.6) is 46.0 Å². The number of H-pyrrole nitrogens is 2. The van der Waals surface area contributed by atoms with Crippen molar-refractivity contribution >= 4 is 68.0 Å². The molecular weight excluding hydrogens is 1550 g/mol. The van der Waals surface area contributed by atoms with E-state index in [1.54, 1.807) is 170 Å². The Kier molecular flexibility index (Phi) is 34.6. The normalized spacial score (nSPS) is 11.5. The third-order valence-corrected chi connectivity index (χ3v) is 23.0. The summed E-state index contributed by atoms with van der Waals surface area (Å²) >= 11 is 0. The summed E-state index contributed by atoms with van der Waals surface area (Å²) in [7, 11) is 0. The van der Waals surface area contributed by atoms with Gasteiger partial charge in [0.1, 0.15) is 68.6 Å². The quantitative estimate of drug-likeness (QED) is 0.0204. The highest BCUT2D eigenvalue weighted by Crippen LogP contribution is 2.42. The standard InChI is InChI=1S/C104H122N8O12/c1-5-9-13-17-21-25-29-33-37-65-117-77-49-41-73(42-50-77)101(113)121-81-57-61-85-89(69-81)97-105-93(85)110-98-91-71-83(123-103(115)75-45-53-79(54-46-75)119-67-39-35-31-27-23-19-15-11-7-3)59-63-87(91)95(107-98)112-100-92-72-84(124-104(116)76-47-55-80(56-48-76)120-68-40-36-32-28-24-20-16-12-8-4)60-64-88(92)96(108-100)111-99-90-70-82(58-62-86(90)94(106-99)109-97)122-102(114)74-43-51-78(52-44-74)118-66-38-34-30-26-22-18-14-10-6-2/h41-64,69-72H,5-40,65-68H2,1-4H3,(H2,105,106,107,108,109,110,111,112). The van der Waals surface area contributed by atoms with Crippen LogP contribution < -0.4 is 37.9 Å². The largest absolute Gasteiger partial charge is 0.494 e. The van der Waals surface area contributed by atoms with Gasteiger partial charge >= 0.3 is 23.9 Å². The minimum atomic E-state index is -0.585. The van der Waals surface area contributed by atoms with Crippen LogP contribution in [0.3, 0.4) is 0 Å². The summed E-state index contributed by atoms with van der Waals surface area (Å²) in [6.07, 6.45) is 43.7. The van der Waals surface area contributed by atoms with Crippen LogP contribution >= 0.6 is 0 Å². The fourth-order valence-corrected chi connectivity index (χ4v) is 15.8. The SMILES string of the molecule is CCCCCCCCCCCOc1ccc(C(=O)Oc2ccc3c(c2)-c2nc-3nc3[nH]c(nc4nc(nc5[nH]c(n2)c2ccc(OC(=O)c6ccc(OCCCCCCCCCCC)cc6)cc52)-c2ccc(OC(=O)c5ccc(OCCCCCCCCCCC)cc5)cc2-4)c2ccc(OC(=O)c4ccc(OCCCCCCCCCCC)cc4)cc32)cc1. The topological polar surface area (TPSA) is 251 Å². The minimum absolute atomic E-state index is 0.197. The first-order valence-electron chi connectivity index (χ1n) is 46.2. The summed E-state index contributed by atoms with van der Waals surface area (Å²) in [4.78, 5) is 95.0. The number of nitrogens with zero attached hydrogens (tertiary/aromatic N) is 6. The molecule has 5 heterocycles. The lowest BCUT2D eigenvalue weighted by atomic mass is 10.1. The molecule has 8 bridgehead atoms. The second kappa shape index (κ2) is 47.7. The molecule has 124 heavy (non-hydrogen) atoms. The molecule has 2 N–H and O–H groups in total. The van der Waals surface area contributed by atoms with Gasteiger partial charge in [-0.05, 0) is 196 Å². The molecule has 0 fully saturated rings. The zero-order valence-electron chi connectivity index (χ0n) is 73.0. The predicted octanol–water partition coefficient (Wildman–Crippen LogP) is 27.4. The highest BCUT2D eigenvalue weighted by molar-refractivity contribution is 6.08. The van der Waals surface area contributed by atoms with Gasteiger partial charge in [0, 0.05) is 43.8 Å². The van der Waals surface area contributed by atoms with Crippen molar-refractivity contribution in [1.29, 1.82) is 0 Å². The van der Waals surface area contributed by atoms with E-state index in [0.29, 0.717) is 127 Å². The molecule has 650 valence electrons. The average Bonchev–Trinajstić information content (AvgIpc) is 1.59. The molecule has 0 unspecified atom stereocenters. The van der Waals surface area contributed by atoms with Crippen molar-refractivity contribution < 1.29 is 57.1 Å². The van der Waals surface area contributed by atoms with E-state index >= 15 is 0 Å². The van der Waals surface area contributed by atoms with Crippen molar-refractivity contribution in [2.45, 2.75) is 259 Å². The number of hydrogen-bond donors (Lipinski definition) is 2. The van der Waals surface area contributed by atoms with Gasteiger partial charge in [0.2, 0.25) is 0 Å². The van der Waals surface area contributed by atoms with Crippen LogP contribution in [0.15, 0.2) is 170 Å². The molecule has 11 aromatic rings. The van der Waals surface area contributed by atoms with E-state index in [0.717, 1.165) is 51.4 Å². The maximum Gasteiger partial charge on any atom is 0.343 e. The van der Waals surface area contributed by atoms with Crippen LogP contribution in [0.4, 0.5) is 0 Å². The molecule has 2 aliphatic heterocycles. The molecule has 0 atom stereocenters. The van der Waals surface area contributed by atoms with Gasteiger partial charge in [0.05, 0.1) is 48.7 Å². The molecule has 20 nitrogen and oxygen atoms in total. The van der Waals surface area contributed by atoms with Crippen molar-refractivity contribution in [2.75, 3.05) is 26.4 Å². The van der Waals surface area contributed by atoms with Crippen LogP contribution in [0.1, 0.15) is 300 Å². The highest BCUT2D eigenvalue weighted by atomic mass is 16.5. The number of carbonyl (C=O) groups is 4. The van der Waals surface area contributed by atoms with E-state index in [1.807, 2.05) is 0 Å². The maximum absolute atomic E-state index is 14.1. The number of ether oxygens (including phenoxy) is 8. The third kappa shape index (κ3) is 26.1. The van der Waals surface area contributed by atoms with Gasteiger partial charge in [-0.1, -0.05) is 233 Å². The minimum Gasteiger partial charge on any atom is -0.494 e. The fraction of sp³-hybridized carbons (Fsp3) is 0.423. The maximum atomic E-state index is 14.1. The summed E-state index contributed by atoms with van der Waals surface area (Å²) in [6.45, 7) is 11.3. The van der Waals surface area contributed by atoms with Crippen molar-refractivity contribution in [3.63, 3.8) is 0 Å². The van der Waals surface area contributed by atoms with Crippen molar-refractivity contribution in [2.24, 2.45) is 0 Å². The average molecular weight is 1680 g/mol. The summed E-state index contributed by atoms with van der Waals surface area (Å²) in [6, 6.07) is 48.6. The zero-order valence-corrected chi connectivity index (χ0v) is 73.0. The predicted molar refractivity (Wildman–Crippen MR) is 493 cm³/mol. The first-order valence-corrected chi connectivity index (χ1v) is 46.2. The van der Waals surface area contributed by atoms with Crippen LogP contribution in [0.25, 0.3) is 89.7 Å². The number of carbonyl (C=O) groups excluding carboxylic acids is 4. The van der Waals surface area contributed by atoms with Gasteiger partial charge in [-0.15, -0.1) is 0 Å². The number of benzene rings is 8. The van der Waals surface area contributed by atoms with Gasteiger partial charge in [-0.25, -0.2) is 49.1 Å². The molecule has 0 saturated heterocycles. The lowest BCUT2D eigenvalue weighted by Gasteiger charge is -2.09. The molecule has 0 amide bonds. The Hall–Kier alpha value is -11.8. The monoisotopic (exact) mass is 1670 g/mol. The van der Waals surface area contributed by atoms with E-state index in [9.17, 15) is 19.2 Å². The summed E-state index contributed by atoms with van der Waals surface area (Å²) in [5, 5.41) is 2.15. The lowest BCUT2D eigenvalue weighted by Crippen LogP contribution is -2.08. The summed E-state index contributed by atoms with van der Waals surface area (Å²) in [5.74, 6) is 2.06. The number of unbranched alkanes of at least 4 members (excludes halogenated alkanes) is 32. The zero-order chi connectivity index (χ0) is 85.9. The van der Waals surface area contributed by atoms with E-state index in [2.05, 4.69) is 37.7 Å². The van der Waals surface area contributed by atoms with Crippen LogP contribution in [0.2, 0.25) is 0 Å². The summed E-state index contributed by atoms with van der Waals surface area (Å²) < 4.78 is 49.0. The second-order valence-corrected chi connectivity index (χ2v) is 32.8. The van der Waals surface area contributed by atoms with E-state index < -0.39 is 23.9 Å². The molecule has 0 radical (unpaired) electrons. The molecule has 20 heteroatoms. The number of rotatable bonds is 52. The molecule has 8 aromatic carbocycles. The number of fused-ring (bicyclic) bond motifs is 20. The van der Waals surface area contributed by atoms with Crippen molar-refractivity contribution in [3.05, 3.63) is 192 Å². The second-order valence-electron chi connectivity index (χ2n) is 32.8. The van der Waals surface area contributed by atoms with Crippen molar-refractivity contribution in [1.82, 2.24) is 39.9 Å². The molecule has 0 saturated carbocycles. The lowest BCUT2D eigenvalue weighted by molar-refractivity contribution is 0.0725. The smallest absolute Gasteiger partial charge is 0.343 e. The number of nitrogens with one attached hydrogen (secondary N) is 2. The van der Waals surface area contributed by atoms with Gasteiger partial charge in [-0.2, -0.15) is 0 Å². The van der Waals surface area contributed by atoms with E-state index in [1.165, 1.54) is 180 Å². The van der Waals surface area contributed by atoms with Gasteiger partial charge < -0.3 is 47.9 Å². The van der Waals surface area contributed by atoms with E-state index in [-0.39, 0.29) is 57.6 Å². The number of hydrogen-bond acceptors (Lipinski definition) is 18. The Labute approximate surface area is 729 Å². The Morgan fingerprint density at radius 2 is 0.427 bits per heavy atom. The van der Waals surface area contributed by atoms with Crippen LogP contribution in [-0.4, -0.2) is 90.2 Å². The molecular formula is C104H122N8O12. The molecule has 2 aliphatic rings. The Morgan fingerprint density at radius 1 is 0.218 bits per heavy atom. The highest BCUT2D eigenvalue weighted by Gasteiger charge is 2.27. The number of aromatic nitrogens is 8. The van der Waals surface area contributed by atoms with E-state index in [4.69, 9.17) is 67.8 Å². The Morgan fingerprint density at radius 3 is 0.685 bits per heavy atom. The van der Waals surface area contributed by atoms with Gasteiger partial charge in [0.25, 0.3) is 0 Å². The Balaban J connectivity index is 0.825. The molecule has 0 aliphatic carbocycles. The van der Waals surface area contributed by atoms with Crippen molar-refractivity contribution in [3.8, 4) is 91.5 Å². The third-order valence-electron chi connectivity index (χ3n) is 23.0. The number of aromatic amines is 2. The Bertz CT molecular complexity index is 5140. The number of esters is 4. The fourth-order valence-electron chi connectivity index (χ4n) is 15.8. The molecule has 3 aromatic heterocycles. The molecule has 0 spiro atoms. The van der Waals surface area contributed by atoms with Gasteiger partial charge in [-0.3, -0.25) is 0 Å². The molecule has 13 rings (SSSR count).